The zero-order valence-electron chi connectivity index (χ0n) is 11.7. The van der Waals surface area contributed by atoms with Crippen molar-refractivity contribution in [3.8, 4) is 5.75 Å². The van der Waals surface area contributed by atoms with Crippen molar-refractivity contribution in [2.24, 2.45) is 0 Å². The summed E-state index contributed by atoms with van der Waals surface area (Å²) in [5.74, 6) is -1.38. The number of ether oxygens (including phenoxy) is 1. The summed E-state index contributed by atoms with van der Waals surface area (Å²) < 4.78 is 32.3. The average Bonchev–Trinajstić information content (AvgIpc) is 2.47. The third kappa shape index (κ3) is 3.37. The third-order valence-electron chi connectivity index (χ3n) is 3.14. The van der Waals surface area contributed by atoms with Gasteiger partial charge < -0.3 is 10.1 Å². The molecule has 0 aliphatic heterocycles. The normalized spacial score (nSPS) is 11.8. The lowest BCUT2D eigenvalue weighted by Crippen LogP contribution is -2.28. The van der Waals surface area contributed by atoms with Crippen LogP contribution in [0.5, 0.6) is 5.75 Å². The summed E-state index contributed by atoms with van der Waals surface area (Å²) in [5.41, 5.74) is 0.235. The van der Waals surface area contributed by atoms with Crippen LogP contribution in [0, 0.1) is 11.6 Å². The van der Waals surface area contributed by atoms with Crippen molar-refractivity contribution in [1.29, 1.82) is 0 Å². The quantitative estimate of drug-likeness (QED) is 0.936. The van der Waals surface area contributed by atoms with E-state index in [9.17, 15) is 13.6 Å². The fourth-order valence-corrected chi connectivity index (χ4v) is 1.99. The minimum absolute atomic E-state index is 0.112. The van der Waals surface area contributed by atoms with Crippen molar-refractivity contribution >= 4 is 5.91 Å². The number of rotatable bonds is 4. The maximum Gasteiger partial charge on any atom is 0.254 e. The molecule has 0 spiro atoms. The van der Waals surface area contributed by atoms with Gasteiger partial charge in [0, 0.05) is 11.6 Å². The van der Waals surface area contributed by atoms with Crippen LogP contribution in [-0.2, 0) is 0 Å². The average molecular weight is 291 g/mol. The first-order valence-electron chi connectivity index (χ1n) is 6.41. The zero-order valence-corrected chi connectivity index (χ0v) is 11.7. The molecule has 1 N–H and O–H groups in total. The highest BCUT2D eigenvalue weighted by atomic mass is 19.1. The summed E-state index contributed by atoms with van der Waals surface area (Å²) in [7, 11) is 1.41. The van der Waals surface area contributed by atoms with Gasteiger partial charge in [-0.05, 0) is 25.1 Å². The summed E-state index contributed by atoms with van der Waals surface area (Å²) in [6.07, 6.45) is 0. The summed E-state index contributed by atoms with van der Waals surface area (Å²) in [4.78, 5) is 12.0. The molecular weight excluding hydrogens is 276 g/mol. The lowest BCUT2D eigenvalue weighted by atomic mass is 10.1. The van der Waals surface area contributed by atoms with Crippen LogP contribution in [0.2, 0.25) is 0 Å². The van der Waals surface area contributed by atoms with Crippen LogP contribution in [0.4, 0.5) is 8.78 Å². The topological polar surface area (TPSA) is 38.3 Å². The summed E-state index contributed by atoms with van der Waals surface area (Å²) >= 11 is 0. The molecule has 5 heteroatoms. The molecule has 2 aromatic carbocycles. The van der Waals surface area contributed by atoms with Gasteiger partial charge in [0.15, 0.2) is 0 Å². The SMILES string of the molecule is COc1ccc(C(=O)NC(C)c2ccccc2F)c(F)c1. The molecule has 21 heavy (non-hydrogen) atoms. The lowest BCUT2D eigenvalue weighted by molar-refractivity contribution is 0.0935. The Bertz CT molecular complexity index is 658. The first kappa shape index (κ1) is 15.0. The number of amides is 1. The molecule has 2 rings (SSSR count). The number of nitrogens with one attached hydrogen (secondary N) is 1. The van der Waals surface area contributed by atoms with Gasteiger partial charge in [0.2, 0.25) is 0 Å². The van der Waals surface area contributed by atoms with Crippen LogP contribution in [0.25, 0.3) is 0 Å². The number of benzene rings is 2. The van der Waals surface area contributed by atoms with Crippen molar-refractivity contribution in [2.75, 3.05) is 7.11 Å². The number of hydrogen-bond acceptors (Lipinski definition) is 2. The van der Waals surface area contributed by atoms with Crippen LogP contribution < -0.4 is 10.1 Å². The van der Waals surface area contributed by atoms with Gasteiger partial charge in [-0.3, -0.25) is 4.79 Å². The minimum Gasteiger partial charge on any atom is -0.497 e. The van der Waals surface area contributed by atoms with E-state index in [4.69, 9.17) is 4.74 Å². The number of methoxy groups -OCH3 is 1. The maximum absolute atomic E-state index is 13.8. The highest BCUT2D eigenvalue weighted by Crippen LogP contribution is 2.19. The van der Waals surface area contributed by atoms with E-state index >= 15 is 0 Å². The van der Waals surface area contributed by atoms with Gasteiger partial charge in [-0.2, -0.15) is 0 Å². The van der Waals surface area contributed by atoms with E-state index in [0.29, 0.717) is 11.3 Å². The highest BCUT2D eigenvalue weighted by Gasteiger charge is 2.17. The first-order valence-corrected chi connectivity index (χ1v) is 6.41. The smallest absolute Gasteiger partial charge is 0.254 e. The predicted octanol–water partition coefficient (Wildman–Crippen LogP) is 3.46. The Morgan fingerprint density at radius 1 is 1.14 bits per heavy atom. The Hall–Kier alpha value is -2.43. The summed E-state index contributed by atoms with van der Waals surface area (Å²) in [5, 5.41) is 2.57. The molecule has 0 saturated carbocycles. The second kappa shape index (κ2) is 6.35. The molecule has 1 atom stereocenters. The Morgan fingerprint density at radius 3 is 2.48 bits per heavy atom. The van der Waals surface area contributed by atoms with Gasteiger partial charge in [0.1, 0.15) is 17.4 Å². The minimum atomic E-state index is -0.687. The Kier molecular flexibility index (Phi) is 4.52. The number of halogens is 2. The van der Waals surface area contributed by atoms with Crippen molar-refractivity contribution < 1.29 is 18.3 Å². The van der Waals surface area contributed by atoms with Crippen LogP contribution in [-0.4, -0.2) is 13.0 Å². The maximum atomic E-state index is 13.8. The molecule has 1 amide bonds. The molecule has 0 heterocycles. The molecule has 2 aromatic rings. The number of hydrogen-bond donors (Lipinski definition) is 1. The van der Waals surface area contributed by atoms with E-state index < -0.39 is 23.6 Å². The van der Waals surface area contributed by atoms with E-state index in [0.717, 1.165) is 6.07 Å². The molecule has 1 unspecified atom stereocenters. The van der Waals surface area contributed by atoms with Crippen molar-refractivity contribution in [2.45, 2.75) is 13.0 Å². The van der Waals surface area contributed by atoms with Crippen LogP contribution in [0.3, 0.4) is 0 Å². The van der Waals surface area contributed by atoms with Gasteiger partial charge in [-0.25, -0.2) is 8.78 Å². The van der Waals surface area contributed by atoms with E-state index in [-0.39, 0.29) is 5.56 Å². The van der Waals surface area contributed by atoms with Crippen molar-refractivity contribution in [3.63, 3.8) is 0 Å². The van der Waals surface area contributed by atoms with E-state index in [2.05, 4.69) is 5.32 Å². The molecular formula is C16H15F2NO2. The second-order valence-electron chi connectivity index (χ2n) is 4.56. The molecule has 110 valence electrons. The Labute approximate surface area is 121 Å². The van der Waals surface area contributed by atoms with Gasteiger partial charge >= 0.3 is 0 Å². The molecule has 0 aliphatic carbocycles. The number of carbonyl (C=O) groups excluding carboxylic acids is 1. The molecule has 0 radical (unpaired) electrons. The zero-order chi connectivity index (χ0) is 15.4. The van der Waals surface area contributed by atoms with Crippen molar-refractivity contribution in [1.82, 2.24) is 5.32 Å². The monoisotopic (exact) mass is 291 g/mol. The molecule has 0 aromatic heterocycles. The third-order valence-corrected chi connectivity index (χ3v) is 3.14. The van der Waals surface area contributed by atoms with Gasteiger partial charge in [-0.1, -0.05) is 18.2 Å². The molecule has 3 nitrogen and oxygen atoms in total. The predicted molar refractivity (Wildman–Crippen MR) is 75.2 cm³/mol. The number of carbonyl (C=O) groups is 1. The van der Waals surface area contributed by atoms with Gasteiger partial charge in [-0.15, -0.1) is 0 Å². The lowest BCUT2D eigenvalue weighted by Gasteiger charge is -2.15. The Morgan fingerprint density at radius 2 is 1.86 bits per heavy atom. The summed E-state index contributed by atoms with van der Waals surface area (Å²) in [6, 6.07) is 9.51. The summed E-state index contributed by atoms with van der Waals surface area (Å²) in [6.45, 7) is 1.64. The van der Waals surface area contributed by atoms with Gasteiger partial charge in [0.05, 0.1) is 18.7 Å². The highest BCUT2D eigenvalue weighted by molar-refractivity contribution is 5.94. The van der Waals surface area contributed by atoms with Crippen LogP contribution in [0.15, 0.2) is 42.5 Å². The van der Waals surface area contributed by atoms with Crippen molar-refractivity contribution in [3.05, 3.63) is 65.2 Å². The second-order valence-corrected chi connectivity index (χ2v) is 4.56. The van der Waals surface area contributed by atoms with Gasteiger partial charge in [0.25, 0.3) is 5.91 Å². The first-order chi connectivity index (χ1) is 10.0. The fraction of sp³-hybridized carbons (Fsp3) is 0.188. The standard InChI is InChI=1S/C16H15F2NO2/c1-10(12-5-3-4-6-14(12)17)19-16(20)13-8-7-11(21-2)9-15(13)18/h3-10H,1-2H3,(H,19,20). The molecule has 0 fully saturated rings. The Balaban J connectivity index is 2.16. The van der Waals surface area contributed by atoms with E-state index in [1.807, 2.05) is 0 Å². The molecule has 0 bridgehead atoms. The van der Waals surface area contributed by atoms with E-state index in [1.165, 1.54) is 25.3 Å². The molecule has 0 aliphatic rings. The fourth-order valence-electron chi connectivity index (χ4n) is 1.99. The molecule has 0 saturated heterocycles. The van der Waals surface area contributed by atoms with Crippen LogP contribution in [0.1, 0.15) is 28.9 Å². The van der Waals surface area contributed by atoms with Crippen LogP contribution >= 0.6 is 0 Å². The van der Waals surface area contributed by atoms with E-state index in [1.54, 1.807) is 25.1 Å². The largest absolute Gasteiger partial charge is 0.497 e.